The van der Waals surface area contributed by atoms with Crippen LogP contribution in [-0.4, -0.2) is 63.4 Å². The van der Waals surface area contributed by atoms with Crippen molar-refractivity contribution in [3.05, 3.63) is 99.6 Å². The van der Waals surface area contributed by atoms with Gasteiger partial charge in [0.2, 0.25) is 5.75 Å². The Labute approximate surface area is 271 Å². The number of hydrogen-bond acceptors (Lipinski definition) is 8. The molecule has 0 amide bonds. The third kappa shape index (κ3) is 5.50. The van der Waals surface area contributed by atoms with Crippen molar-refractivity contribution in [3.63, 3.8) is 0 Å². The molecule has 0 aromatic heterocycles. The number of hydrogen-bond donors (Lipinski definition) is 1. The fourth-order valence-corrected chi connectivity index (χ4v) is 7.31. The number of ether oxygens (including phenoxy) is 5. The van der Waals surface area contributed by atoms with Crippen LogP contribution in [0.4, 0.5) is 0 Å². The molecule has 8 nitrogen and oxygen atoms in total. The van der Waals surface area contributed by atoms with E-state index in [4.69, 9.17) is 23.7 Å². The lowest BCUT2D eigenvalue weighted by Gasteiger charge is -2.37. The topological polar surface area (TPSA) is 72.9 Å². The Morgan fingerprint density at radius 2 is 1.35 bits per heavy atom. The number of nitrogens with zero attached hydrogens (tertiary/aromatic N) is 2. The van der Waals surface area contributed by atoms with E-state index in [0.717, 1.165) is 66.1 Å². The van der Waals surface area contributed by atoms with Crippen molar-refractivity contribution in [2.24, 2.45) is 0 Å². The molecule has 1 N–H and O–H groups in total. The molecule has 2 atom stereocenters. The molecule has 0 spiro atoms. The van der Waals surface area contributed by atoms with Gasteiger partial charge >= 0.3 is 0 Å². The van der Waals surface area contributed by atoms with Crippen molar-refractivity contribution in [3.8, 4) is 40.2 Å². The van der Waals surface area contributed by atoms with Crippen LogP contribution >= 0.6 is 0 Å². The molecule has 8 heteroatoms. The van der Waals surface area contributed by atoms with Crippen molar-refractivity contribution in [1.29, 1.82) is 0 Å². The number of phenols is 1. The summed E-state index contributed by atoms with van der Waals surface area (Å²) in [6.07, 6.45) is 3.30. The lowest BCUT2D eigenvalue weighted by atomic mass is 9.87. The summed E-state index contributed by atoms with van der Waals surface area (Å²) >= 11 is 0. The second kappa shape index (κ2) is 12.4. The predicted molar refractivity (Wildman–Crippen MR) is 177 cm³/mol. The van der Waals surface area contributed by atoms with Gasteiger partial charge in [-0.05, 0) is 110 Å². The van der Waals surface area contributed by atoms with Gasteiger partial charge in [-0.25, -0.2) is 0 Å². The molecule has 0 radical (unpaired) electrons. The minimum absolute atomic E-state index is 0.0160. The fraction of sp³-hybridized carbons (Fsp3) is 0.368. The molecule has 4 aliphatic rings. The molecule has 46 heavy (non-hydrogen) atoms. The van der Waals surface area contributed by atoms with Crippen LogP contribution in [0.3, 0.4) is 0 Å². The maximum atomic E-state index is 11.6. The lowest BCUT2D eigenvalue weighted by molar-refractivity contribution is 0.209. The van der Waals surface area contributed by atoms with E-state index in [-0.39, 0.29) is 24.4 Å². The van der Waals surface area contributed by atoms with Crippen molar-refractivity contribution in [2.45, 2.75) is 44.4 Å². The Hall–Kier alpha value is -4.40. The quantitative estimate of drug-likeness (QED) is 0.273. The summed E-state index contributed by atoms with van der Waals surface area (Å²) in [5.74, 6) is 3.78. The zero-order valence-electron chi connectivity index (χ0n) is 27.3. The first-order valence-electron chi connectivity index (χ1n) is 16.0. The van der Waals surface area contributed by atoms with E-state index in [1.54, 1.807) is 21.3 Å². The van der Waals surface area contributed by atoms with Gasteiger partial charge in [0, 0.05) is 36.3 Å². The number of phenolic OH excluding ortho intramolecular Hbond substituents is 1. The standard InChI is InChI=1S/C38H42N2O6/c1-39-14-12-25-20-33(43-4)27-19-29(25)30(39)16-23-6-9-28(10-7-23)46-34-18-24(8-11-32(34)42-3)17-31-36-26(13-15-40(31)2)21-35(44-5)37(41)38(36)45-22-27/h6-11,18-21,30-31,41H,12-17,22H2,1-5H3. The SMILES string of the molecule is COc1cc2c3cc1COc1c(O)c(OC)cc4c1C(Cc1ccc(OC)c(c1)Oc1ccc(cc1)CC3N(C)CC2)N(C)CC4. The summed E-state index contributed by atoms with van der Waals surface area (Å²) in [7, 11) is 9.27. The normalized spacial score (nSPS) is 19.5. The van der Waals surface area contributed by atoms with Crippen LogP contribution in [0.15, 0.2) is 60.7 Å². The van der Waals surface area contributed by atoms with Gasteiger partial charge in [-0.2, -0.15) is 0 Å². The number of rotatable bonds is 3. The summed E-state index contributed by atoms with van der Waals surface area (Å²) in [5.41, 5.74) is 7.93. The average Bonchev–Trinajstić information content (AvgIpc) is 3.07. The van der Waals surface area contributed by atoms with Gasteiger partial charge < -0.3 is 28.8 Å². The largest absolute Gasteiger partial charge is 0.502 e. The Bertz CT molecular complexity index is 1750. The van der Waals surface area contributed by atoms with Crippen LogP contribution in [0.25, 0.3) is 0 Å². The van der Waals surface area contributed by atoms with Crippen molar-refractivity contribution in [1.82, 2.24) is 9.80 Å². The molecule has 0 saturated heterocycles. The zero-order chi connectivity index (χ0) is 31.9. The average molecular weight is 623 g/mol. The second-order valence-electron chi connectivity index (χ2n) is 12.6. The highest BCUT2D eigenvalue weighted by molar-refractivity contribution is 5.61. The maximum absolute atomic E-state index is 11.6. The highest BCUT2D eigenvalue weighted by atomic mass is 16.5. The van der Waals surface area contributed by atoms with Crippen LogP contribution in [0.2, 0.25) is 0 Å². The van der Waals surface area contributed by atoms with E-state index < -0.39 is 0 Å². The molecule has 0 saturated carbocycles. The van der Waals surface area contributed by atoms with Crippen molar-refractivity contribution < 1.29 is 28.8 Å². The Morgan fingerprint density at radius 3 is 2.09 bits per heavy atom. The number of methoxy groups -OCH3 is 3. The smallest absolute Gasteiger partial charge is 0.201 e. The summed E-state index contributed by atoms with van der Waals surface area (Å²) in [5, 5.41) is 11.6. The molecule has 0 fully saturated rings. The third-order valence-electron chi connectivity index (χ3n) is 9.94. The number of benzene rings is 4. The molecule has 8 rings (SSSR count). The molecular formula is C38H42N2O6. The van der Waals surface area contributed by atoms with Gasteiger partial charge in [0.25, 0.3) is 0 Å². The summed E-state index contributed by atoms with van der Waals surface area (Å²) < 4.78 is 30.3. The summed E-state index contributed by atoms with van der Waals surface area (Å²) in [6.45, 7) is 2.07. The third-order valence-corrected chi connectivity index (χ3v) is 9.94. The Morgan fingerprint density at radius 1 is 0.696 bits per heavy atom. The first-order chi connectivity index (χ1) is 22.4. The van der Waals surface area contributed by atoms with E-state index in [0.29, 0.717) is 29.4 Å². The minimum atomic E-state index is -0.0540. The van der Waals surface area contributed by atoms with E-state index in [9.17, 15) is 5.11 Å². The van der Waals surface area contributed by atoms with E-state index in [2.05, 4.69) is 60.3 Å². The molecule has 4 aromatic carbocycles. The summed E-state index contributed by atoms with van der Waals surface area (Å²) in [4.78, 5) is 4.75. The first kappa shape index (κ1) is 30.3. The monoisotopic (exact) mass is 622 g/mol. The van der Waals surface area contributed by atoms with Gasteiger partial charge in [-0.1, -0.05) is 18.2 Å². The maximum Gasteiger partial charge on any atom is 0.201 e. The predicted octanol–water partition coefficient (Wildman–Crippen LogP) is 6.65. The van der Waals surface area contributed by atoms with Crippen LogP contribution in [-0.2, 0) is 32.3 Å². The molecule has 4 aromatic rings. The van der Waals surface area contributed by atoms with Gasteiger partial charge in [-0.15, -0.1) is 0 Å². The van der Waals surface area contributed by atoms with Gasteiger partial charge in [-0.3, -0.25) is 9.80 Å². The molecule has 4 aliphatic heterocycles. The van der Waals surface area contributed by atoms with Crippen LogP contribution in [0.5, 0.6) is 40.2 Å². The van der Waals surface area contributed by atoms with Crippen LogP contribution in [0.1, 0.15) is 51.0 Å². The first-order valence-corrected chi connectivity index (χ1v) is 16.0. The Balaban J connectivity index is 1.40. The van der Waals surface area contributed by atoms with E-state index >= 15 is 0 Å². The Kier molecular flexibility index (Phi) is 8.17. The van der Waals surface area contributed by atoms with Gasteiger partial charge in [0.05, 0.1) is 21.3 Å². The van der Waals surface area contributed by atoms with Gasteiger partial charge in [0.1, 0.15) is 18.1 Å². The van der Waals surface area contributed by atoms with Crippen molar-refractivity contribution in [2.75, 3.05) is 48.5 Å². The molecule has 6 bridgehead atoms. The number of fused-ring (bicyclic) bond motifs is 3. The van der Waals surface area contributed by atoms with Crippen LogP contribution in [0, 0.1) is 0 Å². The minimum Gasteiger partial charge on any atom is -0.502 e. The van der Waals surface area contributed by atoms with E-state index in [1.165, 1.54) is 16.7 Å². The van der Waals surface area contributed by atoms with Crippen LogP contribution < -0.4 is 23.7 Å². The van der Waals surface area contributed by atoms with Gasteiger partial charge in [0.15, 0.2) is 23.0 Å². The highest BCUT2D eigenvalue weighted by Gasteiger charge is 2.33. The molecular weight excluding hydrogens is 580 g/mol. The number of likely N-dealkylation sites (N-methyl/N-ethyl adjacent to an activating group) is 2. The van der Waals surface area contributed by atoms with Crippen molar-refractivity contribution >= 4 is 0 Å². The zero-order valence-corrected chi connectivity index (χ0v) is 27.3. The van der Waals surface area contributed by atoms with E-state index in [1.807, 2.05) is 24.3 Å². The molecule has 2 unspecified atom stereocenters. The highest BCUT2D eigenvalue weighted by Crippen LogP contribution is 2.49. The number of aromatic hydroxyl groups is 1. The second-order valence-corrected chi connectivity index (χ2v) is 12.6. The molecule has 240 valence electrons. The molecule has 0 aliphatic carbocycles. The fourth-order valence-electron chi connectivity index (χ4n) is 7.31. The lowest BCUT2D eigenvalue weighted by Crippen LogP contribution is -2.34. The molecule has 4 heterocycles. The summed E-state index contributed by atoms with van der Waals surface area (Å²) in [6, 6.07) is 21.0.